The number of phenols is 1. The lowest BCUT2D eigenvalue weighted by Gasteiger charge is -2.42. The second-order valence-corrected chi connectivity index (χ2v) is 10.5. The molecule has 6 rings (SSSR count). The second-order valence-electron chi connectivity index (χ2n) is 10.5. The molecule has 0 radical (unpaired) electrons. The summed E-state index contributed by atoms with van der Waals surface area (Å²) in [4.78, 5) is 66.8. The predicted octanol–water partition coefficient (Wildman–Crippen LogP) is 3.73. The number of hydrogen-bond donors (Lipinski definition) is 2. The van der Waals surface area contributed by atoms with Gasteiger partial charge in [0.15, 0.2) is 23.1 Å². The van der Waals surface area contributed by atoms with Crippen molar-refractivity contribution in [3.8, 4) is 11.5 Å². The highest BCUT2D eigenvalue weighted by atomic mass is 16.5. The number of anilines is 1. The van der Waals surface area contributed by atoms with Gasteiger partial charge in [0.05, 0.1) is 30.2 Å². The Balaban J connectivity index is 1.47. The molecule has 202 valence electrons. The monoisotopic (exact) mass is 539 g/mol. The van der Waals surface area contributed by atoms with Gasteiger partial charge < -0.3 is 14.9 Å². The van der Waals surface area contributed by atoms with E-state index in [0.717, 1.165) is 10.5 Å². The maximum atomic E-state index is 13.9. The van der Waals surface area contributed by atoms with Crippen LogP contribution in [-0.2, 0) is 19.2 Å². The average Bonchev–Trinajstić information content (AvgIpc) is 3.20. The molecule has 4 atom stereocenters. The fraction of sp³-hybridized carbons (Fsp3) is 0.258. The molecule has 40 heavy (non-hydrogen) atoms. The number of Topliss-reactive ketones (excluding diaryl/α,β-unsaturated/α-hetero) is 1. The molecular formula is C31H25NO8. The summed E-state index contributed by atoms with van der Waals surface area (Å²) in [6.07, 6.45) is 3.56. The van der Waals surface area contributed by atoms with Crippen LogP contribution >= 0.6 is 0 Å². The zero-order valence-corrected chi connectivity index (χ0v) is 21.7. The fourth-order valence-corrected chi connectivity index (χ4v) is 6.66. The number of carboxylic acid groups (broad SMARTS) is 1. The molecule has 3 aliphatic carbocycles. The molecule has 2 aromatic rings. The number of ketones is 2. The molecule has 0 spiro atoms. The number of aromatic hydroxyl groups is 1. The van der Waals surface area contributed by atoms with Gasteiger partial charge in [0.2, 0.25) is 11.8 Å². The van der Waals surface area contributed by atoms with E-state index < -0.39 is 41.5 Å². The number of rotatable bonds is 4. The van der Waals surface area contributed by atoms with Gasteiger partial charge in [0.1, 0.15) is 0 Å². The number of benzene rings is 2. The van der Waals surface area contributed by atoms with Crippen LogP contribution in [-0.4, -0.2) is 46.7 Å². The number of phenolic OH excluding ortho intramolecular Hbond substituents is 1. The van der Waals surface area contributed by atoms with E-state index in [0.29, 0.717) is 22.3 Å². The summed E-state index contributed by atoms with van der Waals surface area (Å²) >= 11 is 0. The van der Waals surface area contributed by atoms with Crippen molar-refractivity contribution in [2.75, 3.05) is 12.0 Å². The van der Waals surface area contributed by atoms with Crippen molar-refractivity contribution in [3.05, 3.63) is 88.0 Å². The summed E-state index contributed by atoms with van der Waals surface area (Å²) in [5.41, 5.74) is 2.41. The van der Waals surface area contributed by atoms with Gasteiger partial charge in [-0.25, -0.2) is 4.79 Å². The number of hydrogen-bond acceptors (Lipinski definition) is 7. The van der Waals surface area contributed by atoms with Gasteiger partial charge in [-0.05, 0) is 67.7 Å². The van der Waals surface area contributed by atoms with Crippen LogP contribution in [0.25, 0.3) is 0 Å². The third-order valence-electron chi connectivity index (χ3n) is 8.45. The Morgan fingerprint density at radius 2 is 1.80 bits per heavy atom. The van der Waals surface area contributed by atoms with Crippen molar-refractivity contribution in [2.45, 2.75) is 25.7 Å². The van der Waals surface area contributed by atoms with Gasteiger partial charge in [0, 0.05) is 22.6 Å². The first-order chi connectivity index (χ1) is 19.1. The zero-order chi connectivity index (χ0) is 28.5. The van der Waals surface area contributed by atoms with Crippen LogP contribution in [0.2, 0.25) is 0 Å². The quantitative estimate of drug-likeness (QED) is 0.341. The second kappa shape index (κ2) is 9.15. The number of allylic oxidation sites excluding steroid dienone is 6. The SMILES string of the molecule is COc1ccc([C@H]2C3=CC[C@@H]4C(=O)N(c5cccc(C(=O)O)c5)C(=O)[C@@H]4[C@@H]3CC3=C2C(=O)C(C)=CC3=O)cc1O. The number of carbonyl (C=O) groups excluding carboxylic acids is 4. The number of ether oxygens (including phenoxy) is 1. The molecule has 1 fully saturated rings. The zero-order valence-electron chi connectivity index (χ0n) is 21.7. The maximum Gasteiger partial charge on any atom is 0.335 e. The number of methoxy groups -OCH3 is 1. The molecule has 0 saturated carbocycles. The van der Waals surface area contributed by atoms with Crippen LogP contribution in [0.4, 0.5) is 5.69 Å². The van der Waals surface area contributed by atoms with Gasteiger partial charge in [-0.1, -0.05) is 23.8 Å². The van der Waals surface area contributed by atoms with Gasteiger partial charge >= 0.3 is 5.97 Å². The van der Waals surface area contributed by atoms with Crippen molar-refractivity contribution in [1.29, 1.82) is 0 Å². The van der Waals surface area contributed by atoms with Gasteiger partial charge in [-0.3, -0.25) is 24.1 Å². The van der Waals surface area contributed by atoms with E-state index in [2.05, 4.69) is 0 Å². The summed E-state index contributed by atoms with van der Waals surface area (Å²) in [6.45, 7) is 1.59. The highest BCUT2D eigenvalue weighted by molar-refractivity contribution is 6.25. The molecule has 2 N–H and O–H groups in total. The van der Waals surface area contributed by atoms with Gasteiger partial charge in [-0.15, -0.1) is 0 Å². The van der Waals surface area contributed by atoms with Crippen LogP contribution in [0, 0.1) is 17.8 Å². The van der Waals surface area contributed by atoms with E-state index in [9.17, 15) is 34.2 Å². The van der Waals surface area contributed by atoms with E-state index >= 15 is 0 Å². The van der Waals surface area contributed by atoms with Gasteiger partial charge in [-0.2, -0.15) is 0 Å². The number of fused-ring (bicyclic) bond motifs is 3. The van der Waals surface area contributed by atoms with Crippen molar-refractivity contribution in [3.63, 3.8) is 0 Å². The Labute approximate surface area is 229 Å². The number of amides is 2. The summed E-state index contributed by atoms with van der Waals surface area (Å²) in [6, 6.07) is 10.5. The number of nitrogens with zero attached hydrogens (tertiary/aromatic N) is 1. The first kappa shape index (κ1) is 25.5. The van der Waals surface area contributed by atoms with Crippen LogP contribution in [0.5, 0.6) is 11.5 Å². The number of aromatic carboxylic acids is 1. The molecule has 0 aromatic heterocycles. The molecule has 2 amide bonds. The highest BCUT2D eigenvalue weighted by Gasteiger charge is 2.56. The van der Waals surface area contributed by atoms with E-state index in [1.807, 2.05) is 6.08 Å². The van der Waals surface area contributed by atoms with Crippen molar-refractivity contribution in [2.24, 2.45) is 17.8 Å². The van der Waals surface area contributed by atoms with Crippen molar-refractivity contribution < 1.29 is 38.9 Å². The van der Waals surface area contributed by atoms with Gasteiger partial charge in [0.25, 0.3) is 0 Å². The highest BCUT2D eigenvalue weighted by Crippen LogP contribution is 2.55. The molecule has 1 heterocycles. The first-order valence-corrected chi connectivity index (χ1v) is 12.9. The topological polar surface area (TPSA) is 138 Å². The van der Waals surface area contributed by atoms with E-state index in [-0.39, 0.29) is 47.2 Å². The lowest BCUT2D eigenvalue weighted by molar-refractivity contribution is -0.123. The molecule has 1 aliphatic heterocycles. The molecule has 1 saturated heterocycles. The Morgan fingerprint density at radius 1 is 1.02 bits per heavy atom. The van der Waals surface area contributed by atoms with Crippen molar-refractivity contribution >= 4 is 35.0 Å². The summed E-state index contributed by atoms with van der Waals surface area (Å²) in [5, 5.41) is 20.0. The van der Waals surface area contributed by atoms with E-state index in [1.165, 1.54) is 43.5 Å². The number of carbonyl (C=O) groups is 5. The third-order valence-corrected chi connectivity index (χ3v) is 8.45. The van der Waals surface area contributed by atoms with Crippen LogP contribution in [0.3, 0.4) is 0 Å². The molecule has 0 bridgehead atoms. The van der Waals surface area contributed by atoms with Crippen LogP contribution in [0.15, 0.2) is 76.9 Å². The Morgan fingerprint density at radius 3 is 2.50 bits per heavy atom. The lowest BCUT2D eigenvalue weighted by Crippen LogP contribution is -2.39. The van der Waals surface area contributed by atoms with Crippen LogP contribution in [0.1, 0.15) is 41.6 Å². The largest absolute Gasteiger partial charge is 0.504 e. The molecule has 9 nitrogen and oxygen atoms in total. The van der Waals surface area contributed by atoms with E-state index in [1.54, 1.807) is 19.1 Å². The third kappa shape index (κ3) is 3.65. The standard InChI is InChI=1S/C31H25NO8/c1-14-10-22(33)21-13-20-18(25(27(21)28(14)35)15-6-9-24(40-2)23(34)12-15)7-8-19-26(20)30(37)32(29(19)36)17-5-3-4-16(11-17)31(38)39/h3-7,9-12,19-20,25-26,34H,8,13H2,1-2H3,(H,38,39)/t19-,20+,25-,26-/m0/s1. The normalized spacial score (nSPS) is 25.7. The lowest BCUT2D eigenvalue weighted by atomic mass is 9.59. The number of carboxylic acids is 1. The molecular weight excluding hydrogens is 514 g/mol. The fourth-order valence-electron chi connectivity index (χ4n) is 6.66. The Bertz CT molecular complexity index is 1640. The Kier molecular flexibility index (Phi) is 5.83. The molecule has 2 aromatic carbocycles. The number of imide groups is 1. The molecule has 9 heteroatoms. The van der Waals surface area contributed by atoms with E-state index in [4.69, 9.17) is 4.74 Å². The van der Waals surface area contributed by atoms with Crippen molar-refractivity contribution in [1.82, 2.24) is 0 Å². The minimum atomic E-state index is -1.18. The smallest absolute Gasteiger partial charge is 0.335 e. The minimum Gasteiger partial charge on any atom is -0.504 e. The summed E-state index contributed by atoms with van der Waals surface area (Å²) < 4.78 is 5.18. The molecule has 4 aliphatic rings. The average molecular weight is 540 g/mol. The summed E-state index contributed by atoms with van der Waals surface area (Å²) in [5.74, 6) is -5.23. The Hall–Kier alpha value is -4.79. The molecule has 0 unspecified atom stereocenters. The summed E-state index contributed by atoms with van der Waals surface area (Å²) in [7, 11) is 1.42. The van der Waals surface area contributed by atoms with Crippen LogP contribution < -0.4 is 9.64 Å². The minimum absolute atomic E-state index is 0.0490. The predicted molar refractivity (Wildman–Crippen MR) is 142 cm³/mol. The first-order valence-electron chi connectivity index (χ1n) is 12.9. The maximum absolute atomic E-state index is 13.9.